The third kappa shape index (κ3) is 12.3. The number of hydrogen-bond acceptors (Lipinski definition) is 3. The summed E-state index contributed by atoms with van der Waals surface area (Å²) < 4.78 is 21.6. The smallest absolute Gasteiger partial charge is 0.302 e. The van der Waals surface area contributed by atoms with Crippen molar-refractivity contribution in [1.29, 1.82) is 0 Å². The Morgan fingerprint density at radius 1 is 0.524 bits per heavy atom. The Morgan fingerprint density at radius 3 is 1.05 bits per heavy atom. The van der Waals surface area contributed by atoms with Gasteiger partial charge in [-0.15, -0.1) is 0 Å². The molecule has 0 aromatic heterocycles. The lowest BCUT2D eigenvalue weighted by atomic mass is 10.0. The Hall–Kier alpha value is 0.110. The number of phosphoric acid groups is 1. The van der Waals surface area contributed by atoms with Crippen molar-refractivity contribution in [2.45, 2.75) is 89.9 Å². The Balaban J connectivity index is 2.20. The van der Waals surface area contributed by atoms with Crippen LogP contribution in [0.25, 0.3) is 0 Å². The molecular formula is C16H33O4P. The van der Waals surface area contributed by atoms with E-state index in [2.05, 4.69) is 0 Å². The highest BCUT2D eigenvalue weighted by Crippen LogP contribution is 2.43. The molecule has 21 heavy (non-hydrogen) atoms. The minimum atomic E-state index is -3.81. The van der Waals surface area contributed by atoms with Gasteiger partial charge < -0.3 is 4.89 Å². The van der Waals surface area contributed by atoms with Crippen molar-refractivity contribution < 1.29 is 18.5 Å². The molecule has 0 spiro atoms. The van der Waals surface area contributed by atoms with E-state index in [1.807, 2.05) is 0 Å². The number of hydrogen-bond donors (Lipinski definition) is 1. The molecule has 0 aromatic carbocycles. The Kier molecular flexibility index (Phi) is 11.5. The second kappa shape index (κ2) is 12.6. The normalized spacial score (nSPS) is 25.4. The first-order valence-electron chi connectivity index (χ1n) is 8.83. The van der Waals surface area contributed by atoms with Crippen molar-refractivity contribution >= 4 is 7.82 Å². The van der Waals surface area contributed by atoms with Crippen LogP contribution in [-0.2, 0) is 13.6 Å². The molecule has 4 nitrogen and oxygen atoms in total. The summed E-state index contributed by atoms with van der Waals surface area (Å²) in [5.74, 6) is 0. The van der Waals surface area contributed by atoms with Gasteiger partial charge in [-0.3, -0.25) is 9.05 Å². The lowest BCUT2D eigenvalue weighted by molar-refractivity contribution is 0.145. The van der Waals surface area contributed by atoms with Crippen LogP contribution in [0.5, 0.6) is 0 Å². The van der Waals surface area contributed by atoms with Gasteiger partial charge in [0.15, 0.2) is 0 Å². The van der Waals surface area contributed by atoms with Gasteiger partial charge in [0.25, 0.3) is 0 Å². The highest BCUT2D eigenvalue weighted by Gasteiger charge is 2.19. The van der Waals surface area contributed by atoms with Gasteiger partial charge in [-0.1, -0.05) is 77.0 Å². The SMILES string of the molecule is O=P1(O)OCCCCCCCCCCCCCCCCO1. The summed E-state index contributed by atoms with van der Waals surface area (Å²) >= 11 is 0. The molecule has 0 atom stereocenters. The van der Waals surface area contributed by atoms with E-state index in [4.69, 9.17) is 9.05 Å². The summed E-state index contributed by atoms with van der Waals surface area (Å²) in [6, 6.07) is 0. The van der Waals surface area contributed by atoms with Crippen molar-refractivity contribution in [3.63, 3.8) is 0 Å². The van der Waals surface area contributed by atoms with Crippen molar-refractivity contribution in [2.24, 2.45) is 0 Å². The van der Waals surface area contributed by atoms with Crippen LogP contribution >= 0.6 is 7.82 Å². The van der Waals surface area contributed by atoms with Gasteiger partial charge in [0, 0.05) is 0 Å². The fourth-order valence-electron chi connectivity index (χ4n) is 2.72. The first-order chi connectivity index (χ1) is 10.2. The molecule has 1 N–H and O–H groups in total. The summed E-state index contributed by atoms with van der Waals surface area (Å²) in [4.78, 5) is 9.52. The molecule has 1 saturated heterocycles. The lowest BCUT2D eigenvalue weighted by Gasteiger charge is -2.12. The third-order valence-corrected chi connectivity index (χ3v) is 5.07. The van der Waals surface area contributed by atoms with Crippen LogP contribution in [0, 0.1) is 0 Å². The predicted molar refractivity (Wildman–Crippen MR) is 86.4 cm³/mol. The second-order valence-corrected chi connectivity index (χ2v) is 7.54. The minimum absolute atomic E-state index is 0.327. The maximum absolute atomic E-state index is 11.6. The van der Waals surface area contributed by atoms with Crippen molar-refractivity contribution in [2.75, 3.05) is 13.2 Å². The number of rotatable bonds is 0. The van der Waals surface area contributed by atoms with Crippen LogP contribution in [-0.4, -0.2) is 18.1 Å². The van der Waals surface area contributed by atoms with Gasteiger partial charge in [0.1, 0.15) is 0 Å². The van der Waals surface area contributed by atoms with E-state index in [1.165, 1.54) is 64.2 Å². The van der Waals surface area contributed by atoms with Gasteiger partial charge in [-0.25, -0.2) is 4.57 Å². The minimum Gasteiger partial charge on any atom is -0.302 e. The zero-order chi connectivity index (χ0) is 15.2. The summed E-state index contributed by atoms with van der Waals surface area (Å²) in [6.45, 7) is 0.654. The molecule has 0 bridgehead atoms. The molecule has 1 aliphatic heterocycles. The molecule has 1 heterocycles. The van der Waals surface area contributed by atoms with Gasteiger partial charge >= 0.3 is 7.82 Å². The summed E-state index contributed by atoms with van der Waals surface area (Å²) in [5.41, 5.74) is 0. The predicted octanol–water partition coefficient (Wildman–Crippen LogP) is 5.60. The van der Waals surface area contributed by atoms with E-state index in [9.17, 15) is 9.46 Å². The molecule has 126 valence electrons. The Morgan fingerprint density at radius 2 is 0.762 bits per heavy atom. The second-order valence-electron chi connectivity index (χ2n) is 6.08. The fraction of sp³-hybridized carbons (Fsp3) is 1.00. The summed E-state index contributed by atoms with van der Waals surface area (Å²) in [6.07, 6.45) is 16.9. The molecule has 1 fully saturated rings. The number of phosphoric ester groups is 1. The molecule has 0 unspecified atom stereocenters. The highest BCUT2D eigenvalue weighted by atomic mass is 31.2. The molecule has 1 rings (SSSR count). The monoisotopic (exact) mass is 320 g/mol. The van der Waals surface area contributed by atoms with E-state index in [-0.39, 0.29) is 0 Å². The van der Waals surface area contributed by atoms with Crippen LogP contribution < -0.4 is 0 Å². The van der Waals surface area contributed by atoms with E-state index >= 15 is 0 Å². The molecular weight excluding hydrogens is 287 g/mol. The average molecular weight is 320 g/mol. The zero-order valence-electron chi connectivity index (χ0n) is 13.4. The molecule has 5 heteroatoms. The maximum Gasteiger partial charge on any atom is 0.472 e. The van der Waals surface area contributed by atoms with Gasteiger partial charge in [0.05, 0.1) is 13.2 Å². The molecule has 0 aliphatic carbocycles. The molecule has 0 amide bonds. The summed E-state index contributed by atoms with van der Waals surface area (Å²) in [7, 11) is -3.81. The average Bonchev–Trinajstić information content (AvgIpc) is 2.45. The van der Waals surface area contributed by atoms with Crippen LogP contribution in [0.15, 0.2) is 0 Å². The van der Waals surface area contributed by atoms with E-state index in [0.29, 0.717) is 13.2 Å². The summed E-state index contributed by atoms with van der Waals surface area (Å²) in [5, 5.41) is 0. The van der Waals surface area contributed by atoms with Crippen molar-refractivity contribution in [1.82, 2.24) is 0 Å². The quantitative estimate of drug-likeness (QED) is 0.591. The van der Waals surface area contributed by atoms with Crippen LogP contribution in [0.3, 0.4) is 0 Å². The standard InChI is InChI=1S/C16H33O4P/c17-21(18)19-15-13-11-9-7-5-3-1-2-4-6-8-10-12-14-16-20-21/h1-16H2,(H,17,18). The van der Waals surface area contributed by atoms with Gasteiger partial charge in [-0.2, -0.15) is 0 Å². The van der Waals surface area contributed by atoms with Crippen molar-refractivity contribution in [3.05, 3.63) is 0 Å². The van der Waals surface area contributed by atoms with E-state index < -0.39 is 7.82 Å². The van der Waals surface area contributed by atoms with Crippen LogP contribution in [0.1, 0.15) is 89.9 Å². The fourth-order valence-corrected chi connectivity index (χ4v) is 3.52. The third-order valence-electron chi connectivity index (χ3n) is 4.05. The highest BCUT2D eigenvalue weighted by molar-refractivity contribution is 7.47. The molecule has 0 aromatic rings. The van der Waals surface area contributed by atoms with E-state index in [0.717, 1.165) is 25.7 Å². The Labute approximate surface area is 130 Å². The molecule has 0 radical (unpaired) electrons. The van der Waals surface area contributed by atoms with Gasteiger partial charge in [0.2, 0.25) is 0 Å². The van der Waals surface area contributed by atoms with Crippen molar-refractivity contribution in [3.8, 4) is 0 Å². The van der Waals surface area contributed by atoms with Crippen LogP contribution in [0.4, 0.5) is 0 Å². The lowest BCUT2D eigenvalue weighted by Crippen LogP contribution is -1.99. The molecule has 0 saturated carbocycles. The Bertz CT molecular complexity index is 259. The topological polar surface area (TPSA) is 55.8 Å². The first-order valence-corrected chi connectivity index (χ1v) is 10.3. The van der Waals surface area contributed by atoms with E-state index in [1.54, 1.807) is 0 Å². The van der Waals surface area contributed by atoms with Crippen LogP contribution in [0.2, 0.25) is 0 Å². The zero-order valence-corrected chi connectivity index (χ0v) is 14.3. The molecule has 1 aliphatic rings. The van der Waals surface area contributed by atoms with Gasteiger partial charge in [-0.05, 0) is 12.8 Å². The largest absolute Gasteiger partial charge is 0.472 e. The first kappa shape index (κ1) is 19.2. The maximum atomic E-state index is 11.6.